The summed E-state index contributed by atoms with van der Waals surface area (Å²) >= 11 is 0. The molecule has 3 aliphatic rings. The van der Waals surface area contributed by atoms with Gasteiger partial charge in [-0.2, -0.15) is 0 Å². The van der Waals surface area contributed by atoms with E-state index in [2.05, 4.69) is 36.1 Å². The van der Waals surface area contributed by atoms with Crippen molar-refractivity contribution in [1.82, 2.24) is 4.90 Å². The Balaban J connectivity index is 1.53. The van der Waals surface area contributed by atoms with Gasteiger partial charge in [-0.1, -0.05) is 19.1 Å². The third-order valence-corrected chi connectivity index (χ3v) is 5.40. The fourth-order valence-electron chi connectivity index (χ4n) is 4.04. The number of rotatable bonds is 3. The van der Waals surface area contributed by atoms with Gasteiger partial charge >= 0.3 is 0 Å². The first-order chi connectivity index (χ1) is 10.2. The number of hydrogen-bond donors (Lipinski definition) is 0. The van der Waals surface area contributed by atoms with Gasteiger partial charge in [0.15, 0.2) is 0 Å². The number of carbonyl (C=O) groups excluding carboxylic acids is 1. The molecule has 1 aromatic rings. The van der Waals surface area contributed by atoms with Crippen LogP contribution >= 0.6 is 0 Å². The van der Waals surface area contributed by atoms with E-state index in [1.165, 1.54) is 25.1 Å². The Hall–Kier alpha value is -1.39. The quantitative estimate of drug-likeness (QED) is 0.847. The smallest absolute Gasteiger partial charge is 0.253 e. The van der Waals surface area contributed by atoms with Crippen LogP contribution in [0.2, 0.25) is 0 Å². The molecule has 0 bridgehead atoms. The minimum Gasteiger partial charge on any atom is -0.370 e. The second-order valence-electron chi connectivity index (χ2n) is 6.53. The number of carbonyl (C=O) groups is 1. The lowest BCUT2D eigenvalue weighted by atomic mass is 9.94. The first-order valence-corrected chi connectivity index (χ1v) is 7.94. The average Bonchev–Trinajstić information content (AvgIpc) is 3.10. The highest BCUT2D eigenvalue weighted by Crippen LogP contribution is 2.58. The molecule has 1 amide bonds. The van der Waals surface area contributed by atoms with E-state index in [0.29, 0.717) is 18.6 Å². The molecule has 3 fully saturated rings. The van der Waals surface area contributed by atoms with Crippen LogP contribution in [0.15, 0.2) is 24.3 Å². The molecule has 0 N–H and O–H groups in total. The van der Waals surface area contributed by atoms with Crippen molar-refractivity contribution in [1.29, 1.82) is 0 Å². The number of ether oxygens (including phenoxy) is 1. The summed E-state index contributed by atoms with van der Waals surface area (Å²) in [7, 11) is 0. The predicted octanol–water partition coefficient (Wildman–Crippen LogP) is 1.64. The lowest BCUT2D eigenvalue weighted by Gasteiger charge is -2.27. The Morgan fingerprint density at radius 1 is 1.33 bits per heavy atom. The van der Waals surface area contributed by atoms with Crippen molar-refractivity contribution in [3.63, 3.8) is 0 Å². The summed E-state index contributed by atoms with van der Waals surface area (Å²) < 4.78 is 5.19. The highest BCUT2D eigenvalue weighted by Gasteiger charge is 2.60. The van der Waals surface area contributed by atoms with Crippen LogP contribution in [0, 0.1) is 5.92 Å². The van der Waals surface area contributed by atoms with Gasteiger partial charge in [-0.05, 0) is 36.6 Å². The van der Waals surface area contributed by atoms with E-state index in [0.717, 1.165) is 18.2 Å². The molecule has 4 rings (SSSR count). The fourth-order valence-corrected chi connectivity index (χ4v) is 4.04. The number of likely N-dealkylation sites (tertiary alicyclic amines) is 1. The van der Waals surface area contributed by atoms with Gasteiger partial charge in [0.1, 0.15) is 6.61 Å². The molecule has 21 heavy (non-hydrogen) atoms. The van der Waals surface area contributed by atoms with Gasteiger partial charge < -0.3 is 14.5 Å². The van der Waals surface area contributed by atoms with Gasteiger partial charge in [0.05, 0.1) is 6.61 Å². The number of likely N-dealkylation sites (N-methyl/N-ethyl adjacent to an activating group) is 1. The summed E-state index contributed by atoms with van der Waals surface area (Å²) in [5, 5.41) is 0. The van der Waals surface area contributed by atoms with Gasteiger partial charge in [-0.3, -0.25) is 4.79 Å². The lowest BCUT2D eigenvalue weighted by Crippen LogP contribution is -2.41. The largest absolute Gasteiger partial charge is 0.370 e. The number of piperidine rings is 1. The van der Waals surface area contributed by atoms with Crippen molar-refractivity contribution in [2.24, 2.45) is 5.92 Å². The molecule has 2 heterocycles. The molecule has 2 aliphatic heterocycles. The minimum atomic E-state index is 0.0643. The normalized spacial score (nSPS) is 32.3. The summed E-state index contributed by atoms with van der Waals surface area (Å²) in [6.45, 7) is 7.34. The van der Waals surface area contributed by atoms with E-state index in [1.807, 2.05) is 4.90 Å². The van der Waals surface area contributed by atoms with Crippen molar-refractivity contribution in [2.75, 3.05) is 44.3 Å². The number of benzene rings is 1. The van der Waals surface area contributed by atoms with Crippen LogP contribution in [-0.4, -0.2) is 50.2 Å². The monoisotopic (exact) mass is 286 g/mol. The number of anilines is 1. The predicted molar refractivity (Wildman–Crippen MR) is 81.5 cm³/mol. The molecular formula is C17H22N2O2. The Labute approximate surface area is 125 Å². The van der Waals surface area contributed by atoms with Crippen LogP contribution in [0.3, 0.4) is 0 Å². The number of hydrogen-bond acceptors (Lipinski definition) is 3. The van der Waals surface area contributed by atoms with Crippen molar-refractivity contribution in [3.05, 3.63) is 29.8 Å². The van der Waals surface area contributed by atoms with Gasteiger partial charge in [-0.25, -0.2) is 0 Å². The summed E-state index contributed by atoms with van der Waals surface area (Å²) in [5.41, 5.74) is 2.86. The maximum absolute atomic E-state index is 11.9. The molecule has 0 spiro atoms. The van der Waals surface area contributed by atoms with Crippen LogP contribution in [0.4, 0.5) is 5.69 Å². The first-order valence-electron chi connectivity index (χ1n) is 7.94. The summed E-state index contributed by atoms with van der Waals surface area (Å²) in [6.07, 6.45) is 1.33. The van der Waals surface area contributed by atoms with Gasteiger partial charge in [0, 0.05) is 30.7 Å². The van der Waals surface area contributed by atoms with Crippen LogP contribution in [0.1, 0.15) is 18.9 Å². The SMILES string of the molecule is CCN1CC2CC2(c2ccc(N3CCOCC3=O)cc2)C1. The molecule has 4 heteroatoms. The molecule has 2 unspecified atom stereocenters. The van der Waals surface area contributed by atoms with Crippen molar-refractivity contribution in [3.8, 4) is 0 Å². The number of nitrogens with zero attached hydrogens (tertiary/aromatic N) is 2. The lowest BCUT2D eigenvalue weighted by molar-refractivity contribution is -0.125. The molecular weight excluding hydrogens is 264 g/mol. The Morgan fingerprint density at radius 3 is 2.81 bits per heavy atom. The van der Waals surface area contributed by atoms with E-state index in [1.54, 1.807) is 0 Å². The van der Waals surface area contributed by atoms with Gasteiger partial charge in [-0.15, -0.1) is 0 Å². The third kappa shape index (κ3) is 2.09. The van der Waals surface area contributed by atoms with E-state index in [-0.39, 0.29) is 12.5 Å². The average molecular weight is 286 g/mol. The molecule has 0 radical (unpaired) electrons. The molecule has 4 nitrogen and oxygen atoms in total. The number of amides is 1. The van der Waals surface area contributed by atoms with Crippen molar-refractivity contribution < 1.29 is 9.53 Å². The van der Waals surface area contributed by atoms with Crippen LogP contribution in [0.25, 0.3) is 0 Å². The number of fused-ring (bicyclic) bond motifs is 1. The van der Waals surface area contributed by atoms with E-state index in [9.17, 15) is 4.79 Å². The second kappa shape index (κ2) is 4.82. The van der Waals surface area contributed by atoms with Crippen LogP contribution < -0.4 is 4.90 Å². The Morgan fingerprint density at radius 2 is 2.14 bits per heavy atom. The first kappa shape index (κ1) is 13.3. The maximum Gasteiger partial charge on any atom is 0.253 e. The molecule has 2 atom stereocenters. The molecule has 112 valence electrons. The summed E-state index contributed by atoms with van der Waals surface area (Å²) in [5.74, 6) is 0.905. The maximum atomic E-state index is 11.9. The zero-order valence-electron chi connectivity index (χ0n) is 12.5. The number of morpholine rings is 1. The standard InChI is InChI=1S/C17H22N2O2/c1-2-18-10-14-9-17(14,12-18)13-3-5-15(6-4-13)19-7-8-21-11-16(19)20/h3-6,14H,2,7-12H2,1H3. The van der Waals surface area contributed by atoms with Crippen molar-refractivity contribution >= 4 is 11.6 Å². The second-order valence-corrected chi connectivity index (χ2v) is 6.53. The zero-order valence-corrected chi connectivity index (χ0v) is 12.5. The van der Waals surface area contributed by atoms with Gasteiger partial charge in [0.25, 0.3) is 5.91 Å². The molecule has 1 aliphatic carbocycles. The Kier molecular flexibility index (Phi) is 3.05. The molecule has 0 aromatic heterocycles. The molecule has 2 saturated heterocycles. The summed E-state index contributed by atoms with van der Waals surface area (Å²) in [6, 6.07) is 8.68. The zero-order chi connectivity index (χ0) is 14.4. The highest BCUT2D eigenvalue weighted by molar-refractivity contribution is 5.94. The van der Waals surface area contributed by atoms with Gasteiger partial charge in [0.2, 0.25) is 0 Å². The van der Waals surface area contributed by atoms with Crippen LogP contribution in [0.5, 0.6) is 0 Å². The third-order valence-electron chi connectivity index (χ3n) is 5.40. The Bertz CT molecular complexity index is 556. The van der Waals surface area contributed by atoms with Crippen LogP contribution in [-0.2, 0) is 14.9 Å². The topological polar surface area (TPSA) is 32.8 Å². The fraction of sp³-hybridized carbons (Fsp3) is 0.588. The minimum absolute atomic E-state index is 0.0643. The highest BCUT2D eigenvalue weighted by atomic mass is 16.5. The molecule has 1 saturated carbocycles. The summed E-state index contributed by atoms with van der Waals surface area (Å²) in [4.78, 5) is 16.3. The van der Waals surface area contributed by atoms with E-state index in [4.69, 9.17) is 4.74 Å². The van der Waals surface area contributed by atoms with Crippen molar-refractivity contribution in [2.45, 2.75) is 18.8 Å². The molecule has 1 aromatic carbocycles. The van der Waals surface area contributed by atoms with E-state index < -0.39 is 0 Å². The van der Waals surface area contributed by atoms with E-state index >= 15 is 0 Å².